The largest absolute Gasteiger partial charge is 0.363 e. The molecule has 150 valence electrons. The molecule has 2 aromatic rings. The summed E-state index contributed by atoms with van der Waals surface area (Å²) < 4.78 is 6.11. The second-order valence-electron chi connectivity index (χ2n) is 8.15. The predicted molar refractivity (Wildman–Crippen MR) is 112 cm³/mol. The zero-order valence-corrected chi connectivity index (χ0v) is 16.8. The number of benzene rings is 1. The molecule has 1 aromatic carbocycles. The maximum absolute atomic E-state index is 13.4. The first kappa shape index (κ1) is 18.3. The highest BCUT2D eigenvalue weighted by molar-refractivity contribution is 5.88. The number of anilines is 1. The summed E-state index contributed by atoms with van der Waals surface area (Å²) in [6, 6.07) is 10.4. The third-order valence-electron chi connectivity index (χ3n) is 6.35. The van der Waals surface area contributed by atoms with Crippen molar-refractivity contribution in [3.63, 3.8) is 0 Å². The van der Waals surface area contributed by atoms with Gasteiger partial charge in [-0.15, -0.1) is 0 Å². The van der Waals surface area contributed by atoms with Crippen LogP contribution < -0.4 is 4.90 Å². The Balaban J connectivity index is 1.28. The summed E-state index contributed by atoms with van der Waals surface area (Å²) in [6.07, 6.45) is 6.36. The molecule has 6 heteroatoms. The summed E-state index contributed by atoms with van der Waals surface area (Å²) in [5, 5.41) is 0. The van der Waals surface area contributed by atoms with Gasteiger partial charge in [-0.2, -0.15) is 0 Å². The predicted octanol–water partition coefficient (Wildman–Crippen LogP) is 2.62. The molecule has 0 bridgehead atoms. The number of hydrogen-bond acceptors (Lipinski definition) is 5. The molecule has 2 fully saturated rings. The normalized spacial score (nSPS) is 20.7. The van der Waals surface area contributed by atoms with E-state index in [0.29, 0.717) is 32.5 Å². The Morgan fingerprint density at radius 2 is 1.97 bits per heavy atom. The molecule has 0 unspecified atom stereocenters. The molecule has 0 saturated carbocycles. The molecule has 1 aromatic heterocycles. The molecule has 3 aliphatic rings. The van der Waals surface area contributed by atoms with Gasteiger partial charge in [-0.1, -0.05) is 30.3 Å². The number of carbonyl (C=O) groups excluding carboxylic acids is 1. The molecule has 1 aliphatic carbocycles. The van der Waals surface area contributed by atoms with Gasteiger partial charge in [0.25, 0.3) is 5.91 Å². The quantitative estimate of drug-likeness (QED) is 0.806. The lowest BCUT2D eigenvalue weighted by atomic mass is 9.88. The second kappa shape index (κ2) is 7.26. The van der Waals surface area contributed by atoms with Gasteiger partial charge in [-0.25, -0.2) is 9.97 Å². The van der Waals surface area contributed by atoms with E-state index in [0.717, 1.165) is 31.2 Å². The minimum atomic E-state index is -0.697. The smallest absolute Gasteiger partial charge is 0.255 e. The summed E-state index contributed by atoms with van der Waals surface area (Å²) >= 11 is 0. The van der Waals surface area contributed by atoms with Crippen LogP contribution in [-0.2, 0) is 16.0 Å². The fourth-order valence-electron chi connectivity index (χ4n) is 4.68. The summed E-state index contributed by atoms with van der Waals surface area (Å²) in [6.45, 7) is 5.36. The Morgan fingerprint density at radius 1 is 1.14 bits per heavy atom. The van der Waals surface area contributed by atoms with E-state index < -0.39 is 5.60 Å². The SMILES string of the molecule is Cc1ccnc(N2CCC3(CC2)OCCN(CC2=CCc4ccccc42)C3=O)n1. The van der Waals surface area contributed by atoms with Crippen LogP contribution in [0.4, 0.5) is 5.95 Å². The molecular formula is C23H26N4O2. The van der Waals surface area contributed by atoms with Gasteiger partial charge in [0.1, 0.15) is 5.60 Å². The van der Waals surface area contributed by atoms with Crippen molar-refractivity contribution in [3.05, 3.63) is 59.4 Å². The van der Waals surface area contributed by atoms with Crippen LogP contribution in [0.3, 0.4) is 0 Å². The first-order valence-corrected chi connectivity index (χ1v) is 10.4. The van der Waals surface area contributed by atoms with Crippen LogP contribution in [0.5, 0.6) is 0 Å². The molecule has 0 N–H and O–H groups in total. The van der Waals surface area contributed by atoms with E-state index >= 15 is 0 Å². The van der Waals surface area contributed by atoms with Crippen molar-refractivity contribution in [2.24, 2.45) is 0 Å². The number of nitrogens with zero attached hydrogens (tertiary/aromatic N) is 4. The van der Waals surface area contributed by atoms with Crippen LogP contribution in [0.15, 0.2) is 42.6 Å². The zero-order valence-electron chi connectivity index (χ0n) is 16.8. The summed E-state index contributed by atoms with van der Waals surface area (Å²) in [4.78, 5) is 26.5. The van der Waals surface area contributed by atoms with Gasteiger partial charge < -0.3 is 14.5 Å². The van der Waals surface area contributed by atoms with Crippen molar-refractivity contribution in [1.29, 1.82) is 0 Å². The van der Waals surface area contributed by atoms with Gasteiger partial charge >= 0.3 is 0 Å². The molecule has 29 heavy (non-hydrogen) atoms. The molecule has 5 rings (SSSR count). The van der Waals surface area contributed by atoms with Gasteiger partial charge in [-0.3, -0.25) is 4.79 Å². The Morgan fingerprint density at radius 3 is 2.79 bits per heavy atom. The molecule has 2 aliphatic heterocycles. The van der Waals surface area contributed by atoms with Gasteiger partial charge in [0.15, 0.2) is 0 Å². The average Bonchev–Trinajstić information content (AvgIpc) is 3.15. The summed E-state index contributed by atoms with van der Waals surface area (Å²) in [5.74, 6) is 0.881. The van der Waals surface area contributed by atoms with Gasteiger partial charge in [0, 0.05) is 50.9 Å². The van der Waals surface area contributed by atoms with Crippen molar-refractivity contribution in [3.8, 4) is 0 Å². The number of allylic oxidation sites excluding steroid dienone is 1. The number of aryl methyl sites for hydroxylation is 1. The number of rotatable bonds is 3. The van der Waals surface area contributed by atoms with Gasteiger partial charge in [0.2, 0.25) is 5.95 Å². The average molecular weight is 390 g/mol. The van der Waals surface area contributed by atoms with E-state index in [9.17, 15) is 4.79 Å². The highest BCUT2D eigenvalue weighted by Crippen LogP contribution is 2.34. The number of piperidine rings is 1. The molecular weight excluding hydrogens is 364 g/mol. The number of carbonyl (C=O) groups is 1. The van der Waals surface area contributed by atoms with Crippen LogP contribution in [0.2, 0.25) is 0 Å². The number of morpholine rings is 1. The van der Waals surface area contributed by atoms with E-state index in [1.165, 1.54) is 16.7 Å². The number of aromatic nitrogens is 2. The first-order chi connectivity index (χ1) is 14.1. The lowest BCUT2D eigenvalue weighted by Crippen LogP contribution is -2.61. The molecule has 3 heterocycles. The van der Waals surface area contributed by atoms with E-state index in [4.69, 9.17) is 4.74 Å². The van der Waals surface area contributed by atoms with Crippen LogP contribution in [0.1, 0.15) is 29.7 Å². The highest BCUT2D eigenvalue weighted by Gasteiger charge is 2.47. The fourth-order valence-corrected chi connectivity index (χ4v) is 4.68. The molecule has 6 nitrogen and oxygen atoms in total. The Labute approximate surface area is 171 Å². The van der Waals surface area contributed by atoms with E-state index in [1.54, 1.807) is 6.20 Å². The molecule has 2 saturated heterocycles. The summed E-state index contributed by atoms with van der Waals surface area (Å²) in [7, 11) is 0. The van der Waals surface area contributed by atoms with Gasteiger partial charge in [0.05, 0.1) is 6.61 Å². The molecule has 0 atom stereocenters. The van der Waals surface area contributed by atoms with E-state index in [1.807, 2.05) is 17.9 Å². The standard InChI is InChI=1S/C23H26N4O2/c1-17-8-11-24-22(25-17)26-12-9-23(10-13-26)21(28)27(14-15-29-23)16-19-7-6-18-4-2-3-5-20(18)19/h2-5,7-8,11H,6,9-10,12-16H2,1H3. The maximum Gasteiger partial charge on any atom is 0.255 e. The van der Waals surface area contributed by atoms with Crippen LogP contribution in [-0.4, -0.2) is 59.2 Å². The van der Waals surface area contributed by atoms with E-state index in [2.05, 4.69) is 45.2 Å². The number of ether oxygens (including phenoxy) is 1. The third-order valence-corrected chi connectivity index (χ3v) is 6.35. The number of hydrogen-bond donors (Lipinski definition) is 0. The molecule has 1 amide bonds. The topological polar surface area (TPSA) is 58.6 Å². The summed E-state index contributed by atoms with van der Waals surface area (Å²) in [5.41, 5.74) is 4.15. The first-order valence-electron chi connectivity index (χ1n) is 10.4. The van der Waals surface area contributed by atoms with Crippen molar-refractivity contribution in [1.82, 2.24) is 14.9 Å². The van der Waals surface area contributed by atoms with Gasteiger partial charge in [-0.05, 0) is 36.1 Å². The van der Waals surface area contributed by atoms with Crippen LogP contribution >= 0.6 is 0 Å². The maximum atomic E-state index is 13.4. The Bertz CT molecular complexity index is 963. The minimum absolute atomic E-state index is 0.138. The molecule has 1 spiro atoms. The third kappa shape index (κ3) is 3.31. The van der Waals surface area contributed by atoms with Crippen molar-refractivity contribution in [2.45, 2.75) is 31.8 Å². The van der Waals surface area contributed by atoms with E-state index in [-0.39, 0.29) is 5.91 Å². The van der Waals surface area contributed by atoms with Crippen molar-refractivity contribution >= 4 is 17.4 Å². The highest BCUT2D eigenvalue weighted by atomic mass is 16.5. The lowest BCUT2D eigenvalue weighted by Gasteiger charge is -2.46. The lowest BCUT2D eigenvalue weighted by molar-refractivity contribution is -0.174. The number of amides is 1. The second-order valence-corrected chi connectivity index (χ2v) is 8.15. The van der Waals surface area contributed by atoms with Crippen molar-refractivity contribution < 1.29 is 9.53 Å². The fraction of sp³-hybridized carbons (Fsp3) is 0.435. The zero-order chi connectivity index (χ0) is 19.8. The monoisotopic (exact) mass is 390 g/mol. The van der Waals surface area contributed by atoms with Crippen molar-refractivity contribution in [2.75, 3.05) is 37.7 Å². The minimum Gasteiger partial charge on any atom is -0.363 e. The Hall–Kier alpha value is -2.73. The number of fused-ring (bicyclic) bond motifs is 1. The Kier molecular flexibility index (Phi) is 4.59. The van der Waals surface area contributed by atoms with Crippen LogP contribution in [0.25, 0.3) is 5.57 Å². The van der Waals surface area contributed by atoms with Crippen LogP contribution in [0, 0.1) is 6.92 Å². The molecule has 0 radical (unpaired) electrons.